The first-order chi connectivity index (χ1) is 7.00. The van der Waals surface area contributed by atoms with Crippen molar-refractivity contribution >= 4 is 39.2 Å². The lowest BCUT2D eigenvalue weighted by molar-refractivity contribution is 0.408. The average Bonchev–Trinajstić information content (AvgIpc) is 2.17. The Hall–Kier alpha value is 0.107. The molecule has 0 radical (unpaired) electrons. The minimum atomic E-state index is -2.74. The van der Waals surface area contributed by atoms with E-state index in [4.69, 9.17) is 38.0 Å². The van der Waals surface area contributed by atoms with E-state index in [0.29, 0.717) is 0 Å². The molecule has 0 bridgehead atoms. The normalized spacial score (nSPS) is 13.7. The fourth-order valence-corrected chi connectivity index (χ4v) is 5.08. The van der Waals surface area contributed by atoms with Gasteiger partial charge in [0.05, 0.1) is 7.11 Å². The average molecular weight is 284 g/mol. The summed E-state index contributed by atoms with van der Waals surface area (Å²) in [6.07, 6.45) is 0.809. The Labute approximate surface area is 105 Å². The fraction of sp³-hybridized carbons (Fsp3) is 0.400. The van der Waals surface area contributed by atoms with Crippen LogP contribution in [0.4, 0.5) is 0 Å². The van der Waals surface area contributed by atoms with Crippen molar-refractivity contribution in [3.8, 4) is 5.75 Å². The van der Waals surface area contributed by atoms with Gasteiger partial charge in [-0.2, -0.15) is 0 Å². The Bertz CT molecular complexity index is 325. The molecule has 0 aliphatic rings. The van der Waals surface area contributed by atoms with Gasteiger partial charge in [0.25, 0.3) is 0 Å². The molecule has 0 saturated carbocycles. The van der Waals surface area contributed by atoms with Crippen molar-refractivity contribution < 1.29 is 4.74 Å². The van der Waals surface area contributed by atoms with Crippen molar-refractivity contribution in [3.63, 3.8) is 0 Å². The van der Waals surface area contributed by atoms with E-state index in [1.165, 1.54) is 0 Å². The summed E-state index contributed by atoms with van der Waals surface area (Å²) in [6.45, 7) is 2.02. The van der Waals surface area contributed by atoms with Crippen LogP contribution in [-0.4, -0.2) is 13.1 Å². The molecular weight excluding hydrogens is 271 g/mol. The molecule has 0 aliphatic heterocycles. The number of hydrogen-bond acceptors (Lipinski definition) is 1. The molecule has 1 aromatic rings. The SMILES string of the molecule is CCC(c1ccccc1OC)[Si](Cl)(Cl)Cl. The van der Waals surface area contributed by atoms with Gasteiger partial charge in [0, 0.05) is 5.54 Å². The molecule has 84 valence electrons. The molecule has 1 unspecified atom stereocenters. The summed E-state index contributed by atoms with van der Waals surface area (Å²) in [4.78, 5) is 0. The van der Waals surface area contributed by atoms with Crippen LogP contribution in [0.15, 0.2) is 24.3 Å². The Morgan fingerprint density at radius 3 is 2.33 bits per heavy atom. The number of methoxy groups -OCH3 is 1. The lowest BCUT2D eigenvalue weighted by Crippen LogP contribution is -2.23. The Kier molecular flexibility index (Phi) is 4.78. The number of halogens is 3. The predicted octanol–water partition coefficient (Wildman–Crippen LogP) is 4.38. The van der Waals surface area contributed by atoms with Gasteiger partial charge < -0.3 is 4.74 Å². The Morgan fingerprint density at radius 1 is 1.27 bits per heavy atom. The highest BCUT2D eigenvalue weighted by molar-refractivity contribution is 7.65. The van der Waals surface area contributed by atoms with Gasteiger partial charge in [-0.1, -0.05) is 25.1 Å². The maximum absolute atomic E-state index is 6.08. The van der Waals surface area contributed by atoms with Crippen LogP contribution in [0, 0.1) is 0 Å². The van der Waals surface area contributed by atoms with Gasteiger partial charge in [-0.3, -0.25) is 0 Å². The van der Waals surface area contributed by atoms with E-state index in [-0.39, 0.29) is 5.54 Å². The number of rotatable bonds is 4. The minimum absolute atomic E-state index is 0.0151. The second-order valence-corrected chi connectivity index (χ2v) is 12.1. The molecule has 0 spiro atoms. The first-order valence-electron chi connectivity index (χ1n) is 4.70. The highest BCUT2D eigenvalue weighted by Gasteiger charge is 2.38. The molecule has 0 aliphatic carbocycles. The quantitative estimate of drug-likeness (QED) is 0.588. The zero-order valence-electron chi connectivity index (χ0n) is 8.64. The van der Waals surface area contributed by atoms with Crippen LogP contribution in [0.3, 0.4) is 0 Å². The largest absolute Gasteiger partial charge is 0.496 e. The van der Waals surface area contributed by atoms with Crippen molar-refractivity contribution in [1.29, 1.82) is 0 Å². The van der Waals surface area contributed by atoms with E-state index >= 15 is 0 Å². The van der Waals surface area contributed by atoms with Gasteiger partial charge >= 0.3 is 6.00 Å². The summed E-state index contributed by atoms with van der Waals surface area (Å²) in [5.74, 6) is 0.795. The zero-order chi connectivity index (χ0) is 11.5. The van der Waals surface area contributed by atoms with Crippen molar-refractivity contribution in [1.82, 2.24) is 0 Å². The fourth-order valence-electron chi connectivity index (χ4n) is 1.58. The van der Waals surface area contributed by atoms with Crippen LogP contribution >= 0.6 is 33.2 Å². The highest BCUT2D eigenvalue weighted by Crippen LogP contribution is 2.42. The summed E-state index contributed by atoms with van der Waals surface area (Å²) in [6, 6.07) is 4.96. The lowest BCUT2D eigenvalue weighted by Gasteiger charge is -2.22. The third kappa shape index (κ3) is 3.28. The van der Waals surface area contributed by atoms with Crippen LogP contribution in [0.25, 0.3) is 0 Å². The van der Waals surface area contributed by atoms with Crippen molar-refractivity contribution in [3.05, 3.63) is 29.8 Å². The Morgan fingerprint density at radius 2 is 1.87 bits per heavy atom. The second kappa shape index (κ2) is 5.44. The Balaban J connectivity index is 3.12. The molecule has 0 amide bonds. The highest BCUT2D eigenvalue weighted by atomic mass is 35.8. The van der Waals surface area contributed by atoms with E-state index in [0.717, 1.165) is 17.7 Å². The molecule has 0 aromatic heterocycles. The molecule has 1 rings (SSSR count). The monoisotopic (exact) mass is 282 g/mol. The standard InChI is InChI=1S/C10H13Cl3OSi/c1-3-10(15(11,12)13)8-6-4-5-7-9(8)14-2/h4-7,10H,3H2,1-2H3. The van der Waals surface area contributed by atoms with Gasteiger partial charge in [-0.25, -0.2) is 0 Å². The molecule has 15 heavy (non-hydrogen) atoms. The van der Waals surface area contributed by atoms with E-state index in [1.807, 2.05) is 31.2 Å². The maximum atomic E-state index is 6.08. The lowest BCUT2D eigenvalue weighted by atomic mass is 10.1. The first-order valence-corrected chi connectivity index (χ1v) is 9.81. The van der Waals surface area contributed by atoms with E-state index < -0.39 is 6.00 Å². The van der Waals surface area contributed by atoms with E-state index in [1.54, 1.807) is 7.11 Å². The molecular formula is C10H13Cl3OSi. The third-order valence-electron chi connectivity index (χ3n) is 2.32. The van der Waals surface area contributed by atoms with Crippen molar-refractivity contribution in [2.75, 3.05) is 7.11 Å². The van der Waals surface area contributed by atoms with Crippen LogP contribution < -0.4 is 4.74 Å². The molecule has 0 saturated heterocycles. The summed E-state index contributed by atoms with van der Waals surface area (Å²) in [7, 11) is 1.63. The van der Waals surface area contributed by atoms with E-state index in [2.05, 4.69) is 0 Å². The van der Waals surface area contributed by atoms with Crippen LogP contribution in [0.5, 0.6) is 5.75 Å². The molecule has 0 fully saturated rings. The molecule has 1 nitrogen and oxygen atoms in total. The molecule has 1 atom stereocenters. The smallest absolute Gasteiger partial charge is 0.348 e. The minimum Gasteiger partial charge on any atom is -0.496 e. The van der Waals surface area contributed by atoms with E-state index in [9.17, 15) is 0 Å². The molecule has 0 N–H and O–H groups in total. The van der Waals surface area contributed by atoms with Gasteiger partial charge in [0.2, 0.25) is 0 Å². The van der Waals surface area contributed by atoms with Gasteiger partial charge in [-0.15, -0.1) is 33.2 Å². The number of para-hydroxylation sites is 1. The summed E-state index contributed by atoms with van der Waals surface area (Å²) < 4.78 is 5.27. The van der Waals surface area contributed by atoms with Gasteiger partial charge in [0.1, 0.15) is 5.75 Å². The number of ether oxygens (including phenoxy) is 1. The molecule has 5 heteroatoms. The van der Waals surface area contributed by atoms with Crippen molar-refractivity contribution in [2.45, 2.75) is 18.9 Å². The summed E-state index contributed by atoms with van der Waals surface area (Å²) in [5.41, 5.74) is 0.979. The van der Waals surface area contributed by atoms with Gasteiger partial charge in [-0.05, 0) is 18.1 Å². The maximum Gasteiger partial charge on any atom is 0.348 e. The van der Waals surface area contributed by atoms with Crippen LogP contribution in [0.1, 0.15) is 24.4 Å². The molecule has 0 heterocycles. The number of hydrogen-bond donors (Lipinski definition) is 0. The third-order valence-corrected chi connectivity index (χ3v) is 6.20. The van der Waals surface area contributed by atoms with Crippen LogP contribution in [-0.2, 0) is 0 Å². The first kappa shape index (κ1) is 13.2. The summed E-state index contributed by atoms with van der Waals surface area (Å²) >= 11 is 18.2. The summed E-state index contributed by atoms with van der Waals surface area (Å²) in [5, 5.41) is 0. The zero-order valence-corrected chi connectivity index (χ0v) is 11.9. The number of benzene rings is 1. The molecule has 1 aromatic carbocycles. The topological polar surface area (TPSA) is 9.23 Å². The van der Waals surface area contributed by atoms with Crippen LogP contribution in [0.2, 0.25) is 0 Å². The van der Waals surface area contributed by atoms with Crippen molar-refractivity contribution in [2.24, 2.45) is 0 Å². The van der Waals surface area contributed by atoms with Gasteiger partial charge in [0.15, 0.2) is 0 Å². The predicted molar refractivity (Wildman–Crippen MR) is 69.3 cm³/mol. The second-order valence-electron chi connectivity index (χ2n) is 3.24.